The van der Waals surface area contributed by atoms with Crippen molar-refractivity contribution in [3.63, 3.8) is 0 Å². The average molecular weight is 325 g/mol. The number of halogens is 1. The lowest BCUT2D eigenvalue weighted by Crippen LogP contribution is -2.35. The average Bonchev–Trinajstić information content (AvgIpc) is 2.46. The smallest absolute Gasteiger partial charge is 0.320 e. The Morgan fingerprint density at radius 2 is 1.83 bits per heavy atom. The number of hydrogen-bond acceptors (Lipinski definition) is 4. The largest absolute Gasteiger partial charge is 0.490 e. The summed E-state index contributed by atoms with van der Waals surface area (Å²) < 4.78 is 18.3. The van der Waals surface area contributed by atoms with Gasteiger partial charge >= 0.3 is 11.9 Å². The molecule has 1 saturated carbocycles. The van der Waals surface area contributed by atoms with E-state index < -0.39 is 30.1 Å². The van der Waals surface area contributed by atoms with Gasteiger partial charge < -0.3 is 20.7 Å². The maximum atomic E-state index is 12.7. The molecule has 0 radical (unpaired) electrons. The van der Waals surface area contributed by atoms with Crippen LogP contribution in [0.2, 0.25) is 0 Å². The van der Waals surface area contributed by atoms with Gasteiger partial charge in [-0.1, -0.05) is 12.1 Å². The molecule has 126 valence electrons. The summed E-state index contributed by atoms with van der Waals surface area (Å²) in [6, 6.07) is 5.66. The van der Waals surface area contributed by atoms with Gasteiger partial charge in [0.15, 0.2) is 0 Å². The van der Waals surface area contributed by atoms with E-state index in [4.69, 9.17) is 15.6 Å². The van der Waals surface area contributed by atoms with Crippen molar-refractivity contribution < 1.29 is 28.9 Å². The summed E-state index contributed by atoms with van der Waals surface area (Å²) in [5, 5.41) is 18.0. The highest BCUT2D eigenvalue weighted by molar-refractivity contribution is 5.76. The summed E-state index contributed by atoms with van der Waals surface area (Å²) in [6.07, 6.45) is -0.0355. The van der Waals surface area contributed by atoms with Crippen LogP contribution < -0.4 is 10.5 Å². The van der Waals surface area contributed by atoms with Crippen LogP contribution in [0.5, 0.6) is 5.75 Å². The number of aliphatic carboxylic acids is 2. The van der Waals surface area contributed by atoms with Crippen LogP contribution in [0.1, 0.15) is 24.8 Å². The summed E-state index contributed by atoms with van der Waals surface area (Å²) in [5.74, 6) is -2.55. The Morgan fingerprint density at radius 1 is 1.22 bits per heavy atom. The van der Waals surface area contributed by atoms with Gasteiger partial charge in [0.2, 0.25) is 0 Å². The molecule has 7 heteroatoms. The number of hydrogen-bond donors (Lipinski definition) is 3. The molecule has 0 saturated heterocycles. The molecule has 1 aliphatic rings. The minimum Gasteiger partial charge on any atom is -0.490 e. The van der Waals surface area contributed by atoms with Crippen molar-refractivity contribution in [1.29, 1.82) is 0 Å². The minimum absolute atomic E-state index is 0.101. The molecule has 1 aliphatic carbocycles. The highest BCUT2D eigenvalue weighted by Gasteiger charge is 2.30. The second-order valence-corrected chi connectivity index (χ2v) is 5.87. The van der Waals surface area contributed by atoms with E-state index in [1.807, 2.05) is 0 Å². The van der Waals surface area contributed by atoms with Crippen LogP contribution in [0.15, 0.2) is 24.3 Å². The second kappa shape index (κ2) is 7.41. The van der Waals surface area contributed by atoms with Crippen LogP contribution in [0.4, 0.5) is 4.39 Å². The van der Waals surface area contributed by atoms with Gasteiger partial charge in [0.05, 0.1) is 5.92 Å². The SMILES string of the molecule is NC(CC(Cc1ccc(OC2CC(F)C2)cc1)C(=O)O)C(=O)O. The van der Waals surface area contributed by atoms with Crippen LogP contribution >= 0.6 is 0 Å². The Kier molecular flexibility index (Phi) is 5.54. The van der Waals surface area contributed by atoms with E-state index in [-0.39, 0.29) is 18.9 Å². The number of benzene rings is 1. The Morgan fingerprint density at radius 3 is 2.30 bits per heavy atom. The first-order chi connectivity index (χ1) is 10.8. The van der Waals surface area contributed by atoms with Gasteiger partial charge in [-0.2, -0.15) is 0 Å². The molecule has 1 aromatic carbocycles. The predicted molar refractivity (Wildman–Crippen MR) is 80.0 cm³/mol. The quantitative estimate of drug-likeness (QED) is 0.670. The van der Waals surface area contributed by atoms with Crippen molar-refractivity contribution in [2.24, 2.45) is 11.7 Å². The molecule has 2 atom stereocenters. The van der Waals surface area contributed by atoms with E-state index in [2.05, 4.69) is 0 Å². The number of rotatable bonds is 8. The Balaban J connectivity index is 1.92. The molecule has 4 N–H and O–H groups in total. The third-order valence-corrected chi connectivity index (χ3v) is 3.95. The van der Waals surface area contributed by atoms with Gasteiger partial charge in [-0.25, -0.2) is 4.39 Å². The lowest BCUT2D eigenvalue weighted by Gasteiger charge is -2.30. The number of carbonyl (C=O) groups is 2. The molecule has 6 nitrogen and oxygen atoms in total. The zero-order valence-electron chi connectivity index (χ0n) is 12.5. The van der Waals surface area contributed by atoms with Crippen LogP contribution in [-0.4, -0.2) is 40.5 Å². The Hall–Kier alpha value is -2.15. The maximum Gasteiger partial charge on any atom is 0.320 e. The molecule has 0 spiro atoms. The standard InChI is InChI=1S/C16H20FNO5/c17-11-7-13(8-11)23-12-3-1-9(2-4-12)5-10(15(19)20)6-14(18)16(21)22/h1-4,10-11,13-14H,5-8,18H2,(H,19,20)(H,21,22). The number of ether oxygens (including phenoxy) is 1. The fourth-order valence-electron chi connectivity index (χ4n) is 2.46. The van der Waals surface area contributed by atoms with Crippen molar-refractivity contribution in [1.82, 2.24) is 0 Å². The van der Waals surface area contributed by atoms with E-state index in [1.165, 1.54) is 0 Å². The predicted octanol–water partition coefficient (Wildman–Crippen LogP) is 1.61. The van der Waals surface area contributed by atoms with E-state index in [9.17, 15) is 19.1 Å². The van der Waals surface area contributed by atoms with Crippen LogP contribution in [0, 0.1) is 5.92 Å². The zero-order chi connectivity index (χ0) is 17.0. The number of carboxylic acid groups (broad SMARTS) is 2. The molecule has 0 heterocycles. The molecule has 0 amide bonds. The van der Waals surface area contributed by atoms with Crippen molar-refractivity contribution >= 4 is 11.9 Å². The lowest BCUT2D eigenvalue weighted by molar-refractivity contribution is -0.143. The highest BCUT2D eigenvalue weighted by atomic mass is 19.1. The topological polar surface area (TPSA) is 110 Å². The van der Waals surface area contributed by atoms with Crippen LogP contribution in [0.25, 0.3) is 0 Å². The third kappa shape index (κ3) is 4.92. The lowest BCUT2D eigenvalue weighted by atomic mass is 9.92. The number of carboxylic acids is 2. The summed E-state index contributed by atoms with van der Waals surface area (Å²) >= 11 is 0. The monoisotopic (exact) mass is 325 g/mol. The molecular formula is C16H20FNO5. The molecule has 0 aliphatic heterocycles. The fourth-order valence-corrected chi connectivity index (χ4v) is 2.46. The van der Waals surface area contributed by atoms with E-state index in [0.29, 0.717) is 18.6 Å². The molecule has 2 rings (SSSR count). The summed E-state index contributed by atoms with van der Waals surface area (Å²) in [6.45, 7) is 0. The zero-order valence-corrected chi connectivity index (χ0v) is 12.5. The Labute approximate surface area is 133 Å². The van der Waals surface area contributed by atoms with Gasteiger partial charge in [-0.15, -0.1) is 0 Å². The van der Waals surface area contributed by atoms with Crippen LogP contribution in [-0.2, 0) is 16.0 Å². The van der Waals surface area contributed by atoms with E-state index in [1.54, 1.807) is 24.3 Å². The molecule has 2 unspecified atom stereocenters. The maximum absolute atomic E-state index is 12.7. The number of alkyl halides is 1. The highest BCUT2D eigenvalue weighted by Crippen LogP contribution is 2.28. The third-order valence-electron chi connectivity index (χ3n) is 3.95. The van der Waals surface area contributed by atoms with E-state index in [0.717, 1.165) is 5.56 Å². The minimum atomic E-state index is -1.22. The molecule has 1 fully saturated rings. The second-order valence-electron chi connectivity index (χ2n) is 5.87. The normalized spacial score (nSPS) is 22.7. The molecule has 1 aromatic rings. The molecule has 23 heavy (non-hydrogen) atoms. The Bertz CT molecular complexity index is 556. The first kappa shape index (κ1) is 17.2. The summed E-state index contributed by atoms with van der Waals surface area (Å²) in [5.41, 5.74) is 6.16. The summed E-state index contributed by atoms with van der Waals surface area (Å²) in [4.78, 5) is 22.0. The van der Waals surface area contributed by atoms with Crippen molar-refractivity contribution in [2.75, 3.05) is 0 Å². The van der Waals surface area contributed by atoms with Gasteiger partial charge in [-0.05, 0) is 30.5 Å². The van der Waals surface area contributed by atoms with Gasteiger partial charge in [0.25, 0.3) is 0 Å². The first-order valence-corrected chi connectivity index (χ1v) is 7.46. The van der Waals surface area contributed by atoms with Crippen molar-refractivity contribution in [3.05, 3.63) is 29.8 Å². The van der Waals surface area contributed by atoms with E-state index >= 15 is 0 Å². The van der Waals surface area contributed by atoms with Crippen molar-refractivity contribution in [2.45, 2.75) is 44.0 Å². The van der Waals surface area contributed by atoms with Gasteiger partial charge in [0.1, 0.15) is 24.1 Å². The van der Waals surface area contributed by atoms with Gasteiger partial charge in [0, 0.05) is 12.8 Å². The molecule has 0 aromatic heterocycles. The number of nitrogens with two attached hydrogens (primary N) is 1. The fraction of sp³-hybridized carbons (Fsp3) is 0.500. The molecule has 0 bridgehead atoms. The van der Waals surface area contributed by atoms with Crippen LogP contribution in [0.3, 0.4) is 0 Å². The van der Waals surface area contributed by atoms with Gasteiger partial charge in [-0.3, -0.25) is 9.59 Å². The summed E-state index contributed by atoms with van der Waals surface area (Å²) in [7, 11) is 0. The van der Waals surface area contributed by atoms with Crippen molar-refractivity contribution in [3.8, 4) is 5.75 Å². The molecular weight excluding hydrogens is 305 g/mol. The first-order valence-electron chi connectivity index (χ1n) is 7.46.